The Balaban J connectivity index is 1.51. The maximum atomic E-state index is 12.4. The van der Waals surface area contributed by atoms with Gasteiger partial charge in [-0.1, -0.05) is 0 Å². The van der Waals surface area contributed by atoms with Crippen LogP contribution in [0, 0.1) is 0 Å². The zero-order valence-electron chi connectivity index (χ0n) is 12.8. The lowest BCUT2D eigenvalue weighted by atomic mass is 10.2. The van der Waals surface area contributed by atoms with Gasteiger partial charge in [-0.15, -0.1) is 11.3 Å². The lowest BCUT2D eigenvalue weighted by molar-refractivity contribution is -0.130. The van der Waals surface area contributed by atoms with E-state index in [0.29, 0.717) is 6.42 Å². The minimum atomic E-state index is 0.241. The zero-order chi connectivity index (χ0) is 15.4. The highest BCUT2D eigenvalue weighted by molar-refractivity contribution is 7.13. The first-order valence-electron chi connectivity index (χ1n) is 7.62. The number of nitrogens with zero attached hydrogens (tertiary/aromatic N) is 5. The average Bonchev–Trinajstić information content (AvgIpc) is 3.12. The summed E-state index contributed by atoms with van der Waals surface area (Å²) in [6.07, 6.45) is 7.96. The SMILES string of the molecule is Cn1cc(CCC(=O)N2CCCN(c3nccs3)CC2)cn1. The number of hydrogen-bond donors (Lipinski definition) is 0. The third kappa shape index (κ3) is 3.65. The first-order valence-corrected chi connectivity index (χ1v) is 8.50. The van der Waals surface area contributed by atoms with E-state index in [2.05, 4.69) is 15.0 Å². The molecule has 0 atom stereocenters. The van der Waals surface area contributed by atoms with E-state index in [1.165, 1.54) is 0 Å². The van der Waals surface area contributed by atoms with Crippen LogP contribution in [0.4, 0.5) is 5.13 Å². The van der Waals surface area contributed by atoms with Crippen LogP contribution in [0.5, 0.6) is 0 Å². The fourth-order valence-corrected chi connectivity index (χ4v) is 3.44. The molecule has 0 unspecified atom stereocenters. The summed E-state index contributed by atoms with van der Waals surface area (Å²) in [6.45, 7) is 3.46. The normalized spacial score (nSPS) is 15.9. The van der Waals surface area contributed by atoms with E-state index in [9.17, 15) is 4.79 Å². The molecule has 22 heavy (non-hydrogen) atoms. The molecule has 1 fully saturated rings. The summed E-state index contributed by atoms with van der Waals surface area (Å²) >= 11 is 1.66. The van der Waals surface area contributed by atoms with E-state index in [-0.39, 0.29) is 5.91 Å². The largest absolute Gasteiger partial charge is 0.346 e. The van der Waals surface area contributed by atoms with Gasteiger partial charge >= 0.3 is 0 Å². The van der Waals surface area contributed by atoms with Crippen molar-refractivity contribution in [2.75, 3.05) is 31.1 Å². The van der Waals surface area contributed by atoms with Crippen LogP contribution >= 0.6 is 11.3 Å². The Labute approximate surface area is 134 Å². The molecule has 0 bridgehead atoms. The van der Waals surface area contributed by atoms with Gasteiger partial charge < -0.3 is 9.80 Å². The molecule has 0 aliphatic carbocycles. The van der Waals surface area contributed by atoms with Crippen molar-refractivity contribution < 1.29 is 4.79 Å². The van der Waals surface area contributed by atoms with Crippen molar-refractivity contribution in [1.29, 1.82) is 0 Å². The first kappa shape index (κ1) is 15.0. The van der Waals surface area contributed by atoms with Crippen LogP contribution in [0.1, 0.15) is 18.4 Å². The summed E-state index contributed by atoms with van der Waals surface area (Å²) in [6, 6.07) is 0. The summed E-state index contributed by atoms with van der Waals surface area (Å²) in [5.74, 6) is 0.241. The summed E-state index contributed by atoms with van der Waals surface area (Å²) in [4.78, 5) is 21.0. The summed E-state index contributed by atoms with van der Waals surface area (Å²) < 4.78 is 1.78. The number of carbonyl (C=O) groups excluding carboxylic acids is 1. The third-order valence-corrected chi connectivity index (χ3v) is 4.76. The van der Waals surface area contributed by atoms with Gasteiger partial charge in [0.05, 0.1) is 6.20 Å². The number of anilines is 1. The van der Waals surface area contributed by atoms with Gasteiger partial charge in [0.1, 0.15) is 0 Å². The minimum Gasteiger partial charge on any atom is -0.346 e. The van der Waals surface area contributed by atoms with E-state index in [1.807, 2.05) is 35.9 Å². The predicted molar refractivity (Wildman–Crippen MR) is 87.1 cm³/mol. The Kier molecular flexibility index (Phi) is 4.72. The summed E-state index contributed by atoms with van der Waals surface area (Å²) in [5.41, 5.74) is 1.12. The van der Waals surface area contributed by atoms with E-state index in [4.69, 9.17) is 0 Å². The van der Waals surface area contributed by atoms with Gasteiger partial charge in [-0.25, -0.2) is 4.98 Å². The second kappa shape index (κ2) is 6.91. The molecule has 2 aromatic heterocycles. The molecule has 0 aromatic carbocycles. The molecular weight excluding hydrogens is 298 g/mol. The van der Waals surface area contributed by atoms with Crippen molar-refractivity contribution in [3.05, 3.63) is 29.5 Å². The number of aryl methyl sites for hydroxylation is 2. The Morgan fingerprint density at radius 1 is 1.32 bits per heavy atom. The predicted octanol–water partition coefficient (Wildman–Crippen LogP) is 1.55. The molecule has 0 spiro atoms. The number of hydrogen-bond acceptors (Lipinski definition) is 5. The van der Waals surface area contributed by atoms with Gasteiger partial charge in [-0.3, -0.25) is 9.48 Å². The molecule has 0 radical (unpaired) electrons. The maximum absolute atomic E-state index is 12.4. The van der Waals surface area contributed by atoms with Crippen molar-refractivity contribution in [1.82, 2.24) is 19.7 Å². The quantitative estimate of drug-likeness (QED) is 0.858. The number of thiazole rings is 1. The van der Waals surface area contributed by atoms with Crippen molar-refractivity contribution in [3.63, 3.8) is 0 Å². The highest BCUT2D eigenvalue weighted by Gasteiger charge is 2.20. The molecule has 1 amide bonds. The Hall–Kier alpha value is -1.89. The molecule has 0 N–H and O–H groups in total. The third-order valence-electron chi connectivity index (χ3n) is 3.92. The van der Waals surface area contributed by atoms with E-state index in [1.54, 1.807) is 16.0 Å². The maximum Gasteiger partial charge on any atom is 0.222 e. The number of rotatable bonds is 4. The Bertz CT molecular complexity index is 609. The van der Waals surface area contributed by atoms with Gasteiger partial charge in [0, 0.05) is 57.4 Å². The van der Waals surface area contributed by atoms with Gasteiger partial charge in [-0.05, 0) is 18.4 Å². The van der Waals surface area contributed by atoms with Gasteiger partial charge in [0.15, 0.2) is 5.13 Å². The standard InChI is InChI=1S/C15H21N5OS/c1-18-12-13(11-17-18)3-4-14(21)19-6-2-7-20(9-8-19)15-16-5-10-22-15/h5,10-12H,2-4,6-9H2,1H3. The van der Waals surface area contributed by atoms with E-state index >= 15 is 0 Å². The topological polar surface area (TPSA) is 54.3 Å². The lowest BCUT2D eigenvalue weighted by Crippen LogP contribution is -2.35. The molecular formula is C15H21N5OS. The van der Waals surface area contributed by atoms with E-state index in [0.717, 1.165) is 49.7 Å². The Morgan fingerprint density at radius 2 is 2.23 bits per heavy atom. The average molecular weight is 319 g/mol. The summed E-state index contributed by atoms with van der Waals surface area (Å²) in [5, 5.41) is 7.20. The molecule has 7 heteroatoms. The number of amides is 1. The van der Waals surface area contributed by atoms with Gasteiger partial charge in [-0.2, -0.15) is 5.10 Å². The molecule has 1 aliphatic heterocycles. The number of carbonyl (C=O) groups is 1. The highest BCUT2D eigenvalue weighted by Crippen LogP contribution is 2.19. The van der Waals surface area contributed by atoms with Crippen molar-refractivity contribution in [2.24, 2.45) is 7.05 Å². The fraction of sp³-hybridized carbons (Fsp3) is 0.533. The van der Waals surface area contributed by atoms with Gasteiger partial charge in [0.25, 0.3) is 0 Å². The fourth-order valence-electron chi connectivity index (χ4n) is 2.74. The highest BCUT2D eigenvalue weighted by atomic mass is 32.1. The van der Waals surface area contributed by atoms with Crippen LogP contribution in [0.25, 0.3) is 0 Å². The lowest BCUT2D eigenvalue weighted by Gasteiger charge is -2.21. The number of aromatic nitrogens is 3. The van der Waals surface area contributed by atoms with Crippen LogP contribution in [0.15, 0.2) is 24.0 Å². The van der Waals surface area contributed by atoms with Crippen LogP contribution < -0.4 is 4.90 Å². The van der Waals surface area contributed by atoms with Crippen molar-refractivity contribution in [3.8, 4) is 0 Å². The molecule has 6 nitrogen and oxygen atoms in total. The first-order chi connectivity index (χ1) is 10.7. The van der Waals surface area contributed by atoms with Crippen LogP contribution in [-0.4, -0.2) is 51.8 Å². The van der Waals surface area contributed by atoms with Crippen molar-refractivity contribution >= 4 is 22.4 Å². The monoisotopic (exact) mass is 319 g/mol. The molecule has 0 saturated carbocycles. The van der Waals surface area contributed by atoms with Crippen LogP contribution in [-0.2, 0) is 18.3 Å². The molecule has 3 rings (SSSR count). The summed E-state index contributed by atoms with van der Waals surface area (Å²) in [7, 11) is 1.90. The molecule has 2 aromatic rings. The van der Waals surface area contributed by atoms with Gasteiger partial charge in [0.2, 0.25) is 5.91 Å². The van der Waals surface area contributed by atoms with Crippen LogP contribution in [0.2, 0.25) is 0 Å². The second-order valence-corrected chi connectivity index (χ2v) is 6.43. The minimum absolute atomic E-state index is 0.241. The van der Waals surface area contributed by atoms with Crippen LogP contribution in [0.3, 0.4) is 0 Å². The van der Waals surface area contributed by atoms with E-state index < -0.39 is 0 Å². The molecule has 3 heterocycles. The smallest absolute Gasteiger partial charge is 0.222 e. The van der Waals surface area contributed by atoms with Crippen molar-refractivity contribution in [2.45, 2.75) is 19.3 Å². The molecule has 1 saturated heterocycles. The molecule has 118 valence electrons. The Morgan fingerprint density at radius 3 is 2.95 bits per heavy atom. The zero-order valence-corrected chi connectivity index (χ0v) is 13.6. The molecule has 1 aliphatic rings. The second-order valence-electron chi connectivity index (χ2n) is 5.56.